The van der Waals surface area contributed by atoms with Gasteiger partial charge in [0.25, 0.3) is 0 Å². The molecule has 0 fully saturated rings. The van der Waals surface area contributed by atoms with Crippen molar-refractivity contribution >= 4 is 17.1 Å². The maximum atomic E-state index is 8.94. The Labute approximate surface area is 107 Å². The summed E-state index contributed by atoms with van der Waals surface area (Å²) in [6, 6.07) is 2.03. The maximum Gasteiger partial charge on any atom is 0.156 e. The summed E-state index contributed by atoms with van der Waals surface area (Å²) in [4.78, 5) is 4.27. The van der Waals surface area contributed by atoms with Gasteiger partial charge in [-0.3, -0.25) is 4.68 Å². The lowest BCUT2D eigenvalue weighted by Gasteiger charge is -2.01. The Morgan fingerprint density at radius 2 is 2.11 bits per heavy atom. The monoisotopic (exact) mass is 258 g/mol. The van der Waals surface area contributed by atoms with E-state index in [4.69, 9.17) is 16.9 Å². The average Bonchev–Trinajstić information content (AvgIpc) is 2.95. The molecule has 7 heteroatoms. The largest absolute Gasteiger partial charge is 0.275 e. The van der Waals surface area contributed by atoms with Crippen molar-refractivity contribution in [2.24, 2.45) is 7.05 Å². The quantitative estimate of drug-likeness (QED) is 0.665. The number of nitriles is 1. The highest BCUT2D eigenvalue weighted by molar-refractivity contribution is 6.33. The molecule has 18 heavy (non-hydrogen) atoms. The second-order valence-electron chi connectivity index (χ2n) is 3.78. The number of halogens is 1. The number of hydrogen-bond acceptors (Lipinski definition) is 4. The van der Waals surface area contributed by atoms with Gasteiger partial charge < -0.3 is 0 Å². The minimum absolute atomic E-state index is 0.255. The predicted octanol–water partition coefficient (Wildman–Crippen LogP) is 1.65. The zero-order chi connectivity index (χ0) is 12.7. The molecular formula is C11H7ClN6. The van der Waals surface area contributed by atoms with Crippen LogP contribution in [0.25, 0.3) is 16.8 Å². The summed E-state index contributed by atoms with van der Waals surface area (Å²) in [6.45, 7) is 0. The minimum Gasteiger partial charge on any atom is -0.275 e. The molecule has 0 saturated carbocycles. The van der Waals surface area contributed by atoms with Crippen LogP contribution in [0.5, 0.6) is 0 Å². The molecule has 0 aliphatic carbocycles. The molecule has 0 aromatic carbocycles. The van der Waals surface area contributed by atoms with Crippen molar-refractivity contribution in [2.75, 3.05) is 0 Å². The second-order valence-corrected chi connectivity index (χ2v) is 4.14. The third-order valence-electron chi connectivity index (χ3n) is 2.58. The normalized spacial score (nSPS) is 10.7. The molecule has 0 N–H and O–H groups in total. The summed E-state index contributed by atoms with van der Waals surface area (Å²) in [5.41, 5.74) is 2.43. The van der Waals surface area contributed by atoms with E-state index in [0.717, 1.165) is 5.56 Å². The fraction of sp³-hybridized carbons (Fsp3) is 0.0909. The van der Waals surface area contributed by atoms with Gasteiger partial charge in [-0.1, -0.05) is 11.6 Å². The topological polar surface area (TPSA) is 71.8 Å². The molecule has 0 saturated heterocycles. The van der Waals surface area contributed by atoms with Gasteiger partial charge in [0.1, 0.15) is 17.1 Å². The zero-order valence-corrected chi connectivity index (χ0v) is 10.1. The van der Waals surface area contributed by atoms with E-state index in [0.29, 0.717) is 16.8 Å². The number of fused-ring (bicyclic) bond motifs is 1. The molecule has 0 amide bonds. The molecule has 0 bridgehead atoms. The van der Waals surface area contributed by atoms with Crippen LogP contribution in [0.1, 0.15) is 5.56 Å². The van der Waals surface area contributed by atoms with Crippen LogP contribution in [0, 0.1) is 11.3 Å². The van der Waals surface area contributed by atoms with Crippen molar-refractivity contribution in [3.05, 3.63) is 35.5 Å². The number of nitrogens with zero attached hydrogens (tertiary/aromatic N) is 6. The summed E-state index contributed by atoms with van der Waals surface area (Å²) in [5.74, 6) is 0. The summed E-state index contributed by atoms with van der Waals surface area (Å²) in [6.07, 6.45) is 6.72. The first-order valence-corrected chi connectivity index (χ1v) is 5.50. The Morgan fingerprint density at radius 1 is 1.28 bits per heavy atom. The van der Waals surface area contributed by atoms with E-state index in [9.17, 15) is 0 Å². The van der Waals surface area contributed by atoms with E-state index in [-0.39, 0.29) is 5.15 Å². The van der Waals surface area contributed by atoms with Gasteiger partial charge >= 0.3 is 0 Å². The van der Waals surface area contributed by atoms with Crippen LogP contribution in [-0.2, 0) is 7.05 Å². The van der Waals surface area contributed by atoms with Gasteiger partial charge in [-0.05, 0) is 0 Å². The maximum absolute atomic E-state index is 8.94. The first kappa shape index (κ1) is 10.7. The van der Waals surface area contributed by atoms with Crippen LogP contribution >= 0.6 is 11.6 Å². The Morgan fingerprint density at radius 3 is 2.78 bits per heavy atom. The third-order valence-corrected chi connectivity index (χ3v) is 2.84. The molecule has 0 unspecified atom stereocenters. The van der Waals surface area contributed by atoms with Gasteiger partial charge in [0, 0.05) is 18.8 Å². The Balaban J connectivity index is 2.26. The van der Waals surface area contributed by atoms with E-state index < -0.39 is 0 Å². The number of rotatable bonds is 1. The van der Waals surface area contributed by atoms with Crippen molar-refractivity contribution in [2.45, 2.75) is 0 Å². The molecule has 6 nitrogen and oxygen atoms in total. The van der Waals surface area contributed by atoms with Gasteiger partial charge in [0.05, 0.1) is 24.3 Å². The van der Waals surface area contributed by atoms with Crippen molar-refractivity contribution in [1.82, 2.24) is 24.4 Å². The smallest absolute Gasteiger partial charge is 0.156 e. The van der Waals surface area contributed by atoms with Crippen LogP contribution in [0.3, 0.4) is 0 Å². The molecular weight excluding hydrogens is 252 g/mol. The van der Waals surface area contributed by atoms with E-state index in [1.54, 1.807) is 21.6 Å². The second kappa shape index (κ2) is 3.82. The number of hydrogen-bond donors (Lipinski definition) is 0. The lowest BCUT2D eigenvalue weighted by molar-refractivity contribution is 0.768. The van der Waals surface area contributed by atoms with Crippen molar-refractivity contribution in [3.8, 4) is 17.3 Å². The van der Waals surface area contributed by atoms with Gasteiger partial charge in [-0.2, -0.15) is 15.5 Å². The summed E-state index contributed by atoms with van der Waals surface area (Å²) < 4.78 is 3.23. The number of aryl methyl sites for hydroxylation is 1. The predicted molar refractivity (Wildman–Crippen MR) is 64.9 cm³/mol. The summed E-state index contributed by atoms with van der Waals surface area (Å²) in [7, 11) is 1.82. The van der Waals surface area contributed by atoms with Crippen LogP contribution in [0.15, 0.2) is 24.8 Å². The molecule has 0 aliphatic heterocycles. The van der Waals surface area contributed by atoms with E-state index in [1.807, 2.05) is 19.3 Å². The van der Waals surface area contributed by atoms with Gasteiger partial charge in [-0.15, -0.1) is 0 Å². The number of aromatic nitrogens is 5. The molecule has 0 aliphatic rings. The van der Waals surface area contributed by atoms with Gasteiger partial charge in [0.2, 0.25) is 0 Å². The van der Waals surface area contributed by atoms with E-state index in [2.05, 4.69) is 15.2 Å². The van der Waals surface area contributed by atoms with Gasteiger partial charge in [0.15, 0.2) is 5.15 Å². The van der Waals surface area contributed by atoms with Crippen LogP contribution in [0.4, 0.5) is 0 Å². The minimum atomic E-state index is 0.255. The lowest BCUT2D eigenvalue weighted by Crippen LogP contribution is -1.93. The van der Waals surface area contributed by atoms with Crippen LogP contribution < -0.4 is 0 Å². The fourth-order valence-corrected chi connectivity index (χ4v) is 2.02. The van der Waals surface area contributed by atoms with Crippen molar-refractivity contribution in [3.63, 3.8) is 0 Å². The molecule has 3 rings (SSSR count). The first-order valence-electron chi connectivity index (χ1n) is 5.12. The molecule has 3 aromatic rings. The summed E-state index contributed by atoms with van der Waals surface area (Å²) in [5, 5.41) is 17.4. The van der Waals surface area contributed by atoms with Crippen molar-refractivity contribution < 1.29 is 0 Å². The standard InChI is InChI=1S/C11H7ClN6/c1-17-5-8(4-14-17)9-6-18-10(11(12)16-9)7(2-13)3-15-18/h3-6H,1H3. The molecule has 88 valence electrons. The molecule has 3 aromatic heterocycles. The summed E-state index contributed by atoms with van der Waals surface area (Å²) >= 11 is 6.09. The Hall–Kier alpha value is -2.39. The Bertz CT molecular complexity index is 779. The molecule has 0 spiro atoms. The van der Waals surface area contributed by atoms with Crippen LogP contribution in [-0.4, -0.2) is 24.4 Å². The first-order chi connectivity index (χ1) is 8.69. The average molecular weight is 259 g/mol. The zero-order valence-electron chi connectivity index (χ0n) is 9.37. The molecule has 0 radical (unpaired) electrons. The Kier molecular flexibility index (Phi) is 2.28. The fourth-order valence-electron chi connectivity index (χ4n) is 1.74. The molecule has 3 heterocycles. The van der Waals surface area contributed by atoms with E-state index in [1.165, 1.54) is 6.20 Å². The highest BCUT2D eigenvalue weighted by atomic mass is 35.5. The van der Waals surface area contributed by atoms with Gasteiger partial charge in [-0.25, -0.2) is 9.50 Å². The van der Waals surface area contributed by atoms with Crippen molar-refractivity contribution in [1.29, 1.82) is 5.26 Å². The van der Waals surface area contributed by atoms with Crippen LogP contribution in [0.2, 0.25) is 5.15 Å². The highest BCUT2D eigenvalue weighted by Gasteiger charge is 2.12. The lowest BCUT2D eigenvalue weighted by atomic mass is 10.2. The van der Waals surface area contributed by atoms with E-state index >= 15 is 0 Å². The SMILES string of the molecule is Cn1cc(-c2cn3ncc(C#N)c3c(Cl)n2)cn1. The highest BCUT2D eigenvalue weighted by Crippen LogP contribution is 2.23. The third kappa shape index (κ3) is 1.53. The molecule has 0 atom stereocenters.